The zero-order valence-electron chi connectivity index (χ0n) is 14.8. The van der Waals surface area contributed by atoms with Crippen LogP contribution in [0.4, 0.5) is 0 Å². The van der Waals surface area contributed by atoms with Crippen molar-refractivity contribution in [2.75, 3.05) is 6.54 Å². The highest BCUT2D eigenvalue weighted by Crippen LogP contribution is 2.15. The summed E-state index contributed by atoms with van der Waals surface area (Å²) in [5.74, 6) is 0.708. The smallest absolute Gasteiger partial charge is 0.261 e. The minimum Gasteiger partial charge on any atom is -0.481 e. The highest BCUT2D eigenvalue weighted by atomic mass is 16.5. The minimum absolute atomic E-state index is 0.0390. The first kappa shape index (κ1) is 18.1. The third-order valence-corrected chi connectivity index (χ3v) is 3.99. The molecule has 0 saturated carbocycles. The van der Waals surface area contributed by atoms with E-state index in [9.17, 15) is 4.79 Å². The van der Waals surface area contributed by atoms with E-state index in [1.165, 1.54) is 11.1 Å². The Labute approximate surface area is 145 Å². The van der Waals surface area contributed by atoms with Crippen molar-refractivity contribution in [3.63, 3.8) is 0 Å². The molecule has 1 amide bonds. The maximum atomic E-state index is 12.3. The van der Waals surface area contributed by atoms with E-state index < -0.39 is 6.10 Å². The van der Waals surface area contributed by atoms with Crippen LogP contribution < -0.4 is 10.1 Å². The number of carbonyl (C=O) groups excluding carboxylic acids is 1. The van der Waals surface area contributed by atoms with Crippen LogP contribution in [0, 0.1) is 13.8 Å². The summed E-state index contributed by atoms with van der Waals surface area (Å²) in [5.41, 5.74) is 3.70. The number of hydrogen-bond donors (Lipinski definition) is 1. The fraction of sp³-hybridized carbons (Fsp3) is 0.381. The largest absolute Gasteiger partial charge is 0.481 e. The lowest BCUT2D eigenvalue weighted by Gasteiger charge is -2.17. The zero-order valence-corrected chi connectivity index (χ0v) is 14.8. The van der Waals surface area contributed by atoms with Crippen LogP contribution >= 0.6 is 0 Å². The Balaban J connectivity index is 1.76. The second-order valence-corrected chi connectivity index (χ2v) is 6.21. The fourth-order valence-electron chi connectivity index (χ4n) is 2.55. The Morgan fingerprint density at radius 1 is 1.08 bits per heavy atom. The molecule has 3 nitrogen and oxygen atoms in total. The molecule has 0 aromatic heterocycles. The summed E-state index contributed by atoms with van der Waals surface area (Å²) in [4.78, 5) is 12.3. The van der Waals surface area contributed by atoms with Gasteiger partial charge in [0.25, 0.3) is 5.91 Å². The van der Waals surface area contributed by atoms with Crippen molar-refractivity contribution in [2.45, 2.75) is 46.1 Å². The van der Waals surface area contributed by atoms with Crippen LogP contribution in [0.3, 0.4) is 0 Å². The maximum Gasteiger partial charge on any atom is 0.261 e. The van der Waals surface area contributed by atoms with Gasteiger partial charge < -0.3 is 10.1 Å². The predicted molar refractivity (Wildman–Crippen MR) is 98.4 cm³/mol. The van der Waals surface area contributed by atoms with E-state index in [1.807, 2.05) is 38.1 Å². The van der Waals surface area contributed by atoms with Gasteiger partial charge in [-0.1, -0.05) is 48.9 Å². The predicted octanol–water partition coefficient (Wildman–Crippen LogP) is 4.21. The van der Waals surface area contributed by atoms with Crippen molar-refractivity contribution in [2.24, 2.45) is 0 Å². The second kappa shape index (κ2) is 9.11. The van der Waals surface area contributed by atoms with Crippen LogP contribution in [-0.4, -0.2) is 18.6 Å². The van der Waals surface area contributed by atoms with Crippen LogP contribution in [-0.2, 0) is 11.2 Å². The van der Waals surface area contributed by atoms with E-state index in [2.05, 4.69) is 36.5 Å². The van der Waals surface area contributed by atoms with Crippen molar-refractivity contribution in [3.8, 4) is 5.75 Å². The summed E-state index contributed by atoms with van der Waals surface area (Å²) >= 11 is 0. The Morgan fingerprint density at radius 3 is 2.50 bits per heavy atom. The summed E-state index contributed by atoms with van der Waals surface area (Å²) in [7, 11) is 0. The maximum absolute atomic E-state index is 12.3. The summed E-state index contributed by atoms with van der Waals surface area (Å²) in [6.07, 6.45) is 2.11. The highest BCUT2D eigenvalue weighted by Gasteiger charge is 2.17. The van der Waals surface area contributed by atoms with Gasteiger partial charge in [0.15, 0.2) is 6.10 Å². The molecule has 2 rings (SSSR count). The van der Waals surface area contributed by atoms with Gasteiger partial charge >= 0.3 is 0 Å². The van der Waals surface area contributed by atoms with E-state index in [1.54, 1.807) is 0 Å². The van der Waals surface area contributed by atoms with Gasteiger partial charge in [0.05, 0.1) is 0 Å². The lowest BCUT2D eigenvalue weighted by Crippen LogP contribution is -2.38. The number of amides is 1. The van der Waals surface area contributed by atoms with Gasteiger partial charge in [0.1, 0.15) is 5.75 Å². The number of aryl methyl sites for hydroxylation is 3. The first-order valence-corrected chi connectivity index (χ1v) is 8.65. The van der Waals surface area contributed by atoms with Crippen LogP contribution in [0.25, 0.3) is 0 Å². The molecule has 1 N–H and O–H groups in total. The molecule has 0 aliphatic rings. The van der Waals surface area contributed by atoms with Gasteiger partial charge in [-0.2, -0.15) is 0 Å². The van der Waals surface area contributed by atoms with E-state index in [0.29, 0.717) is 13.0 Å². The molecule has 0 aliphatic heterocycles. The molecule has 0 unspecified atom stereocenters. The van der Waals surface area contributed by atoms with Crippen molar-refractivity contribution < 1.29 is 9.53 Å². The zero-order chi connectivity index (χ0) is 17.4. The molecule has 3 heteroatoms. The van der Waals surface area contributed by atoms with Crippen LogP contribution in [0.1, 0.15) is 36.5 Å². The molecule has 1 atom stereocenters. The van der Waals surface area contributed by atoms with Crippen molar-refractivity contribution >= 4 is 5.91 Å². The normalized spacial score (nSPS) is 11.8. The van der Waals surface area contributed by atoms with Gasteiger partial charge in [0.2, 0.25) is 0 Å². The molecule has 0 heterocycles. The molecular formula is C21H27NO2. The lowest BCUT2D eigenvalue weighted by molar-refractivity contribution is -0.128. The summed E-state index contributed by atoms with van der Waals surface area (Å²) in [6, 6.07) is 16.3. The number of nitrogens with one attached hydrogen (secondary N) is 1. The minimum atomic E-state index is -0.439. The first-order chi connectivity index (χ1) is 11.6. The summed E-state index contributed by atoms with van der Waals surface area (Å²) in [5, 5.41) is 2.99. The Bertz CT molecular complexity index is 649. The highest BCUT2D eigenvalue weighted by molar-refractivity contribution is 5.81. The number of ether oxygens (including phenoxy) is 1. The average Bonchev–Trinajstić information content (AvgIpc) is 2.58. The number of benzene rings is 2. The van der Waals surface area contributed by atoms with Crippen molar-refractivity contribution in [1.29, 1.82) is 0 Å². The molecule has 2 aromatic rings. The Hall–Kier alpha value is -2.29. The van der Waals surface area contributed by atoms with E-state index >= 15 is 0 Å². The standard InChI is InChI=1S/C21H27NO2/c1-4-20(24-19-9-5-7-17(3)15-19)21(23)22-14-6-8-18-12-10-16(2)11-13-18/h5,7,9-13,15,20H,4,6,8,14H2,1-3H3,(H,22,23)/t20-/m1/s1. The van der Waals surface area contributed by atoms with Crippen LogP contribution in [0.2, 0.25) is 0 Å². The van der Waals surface area contributed by atoms with Crippen LogP contribution in [0.5, 0.6) is 5.75 Å². The van der Waals surface area contributed by atoms with Gasteiger partial charge in [-0.25, -0.2) is 0 Å². The molecule has 0 radical (unpaired) electrons. The molecular weight excluding hydrogens is 298 g/mol. The molecule has 128 valence electrons. The van der Waals surface area contributed by atoms with Crippen molar-refractivity contribution in [1.82, 2.24) is 5.32 Å². The lowest BCUT2D eigenvalue weighted by atomic mass is 10.1. The van der Waals surface area contributed by atoms with Gasteiger partial charge in [-0.3, -0.25) is 4.79 Å². The molecule has 0 fully saturated rings. The van der Waals surface area contributed by atoms with E-state index in [4.69, 9.17) is 4.74 Å². The molecule has 0 aliphatic carbocycles. The van der Waals surface area contributed by atoms with Gasteiger partial charge in [-0.05, 0) is 56.4 Å². The topological polar surface area (TPSA) is 38.3 Å². The van der Waals surface area contributed by atoms with E-state index in [-0.39, 0.29) is 5.91 Å². The van der Waals surface area contributed by atoms with Gasteiger partial charge in [-0.15, -0.1) is 0 Å². The molecule has 0 bridgehead atoms. The first-order valence-electron chi connectivity index (χ1n) is 8.65. The van der Waals surface area contributed by atoms with Crippen molar-refractivity contribution in [3.05, 3.63) is 65.2 Å². The van der Waals surface area contributed by atoms with Crippen LogP contribution in [0.15, 0.2) is 48.5 Å². The second-order valence-electron chi connectivity index (χ2n) is 6.21. The monoisotopic (exact) mass is 325 g/mol. The van der Waals surface area contributed by atoms with E-state index in [0.717, 1.165) is 24.2 Å². The summed E-state index contributed by atoms with van der Waals surface area (Å²) < 4.78 is 5.82. The third kappa shape index (κ3) is 5.73. The Morgan fingerprint density at radius 2 is 1.83 bits per heavy atom. The fourth-order valence-corrected chi connectivity index (χ4v) is 2.55. The van der Waals surface area contributed by atoms with Gasteiger partial charge in [0, 0.05) is 6.54 Å². The number of carbonyl (C=O) groups is 1. The molecule has 0 spiro atoms. The molecule has 2 aromatic carbocycles. The Kier molecular flexibility index (Phi) is 6.86. The average molecular weight is 325 g/mol. The third-order valence-electron chi connectivity index (χ3n) is 3.99. The number of hydrogen-bond acceptors (Lipinski definition) is 2. The molecule has 24 heavy (non-hydrogen) atoms. The summed E-state index contributed by atoms with van der Waals surface area (Å²) in [6.45, 7) is 6.73. The SMILES string of the molecule is CC[C@@H](Oc1cccc(C)c1)C(=O)NCCCc1ccc(C)cc1. The molecule has 0 saturated heterocycles. The number of rotatable bonds is 8. The quantitative estimate of drug-likeness (QED) is 0.738.